The van der Waals surface area contributed by atoms with E-state index >= 15 is 0 Å². The summed E-state index contributed by atoms with van der Waals surface area (Å²) in [5.74, 6) is -0.506. The predicted molar refractivity (Wildman–Crippen MR) is 71.4 cm³/mol. The van der Waals surface area contributed by atoms with Crippen LogP contribution in [0.4, 0.5) is 14.5 Å². The zero-order chi connectivity index (χ0) is 15.4. The van der Waals surface area contributed by atoms with Gasteiger partial charge in [0.25, 0.3) is 0 Å². The van der Waals surface area contributed by atoms with Gasteiger partial charge in [-0.05, 0) is 25.1 Å². The van der Waals surface area contributed by atoms with Crippen LogP contribution in [0.2, 0.25) is 5.02 Å². The number of nitrogens with zero attached hydrogens (tertiary/aromatic N) is 3. The third-order valence-corrected chi connectivity index (χ3v) is 2.92. The number of alkyl halides is 2. The second-order valence-electron chi connectivity index (χ2n) is 4.06. The topological polar surface area (TPSA) is 69.0 Å². The Morgan fingerprint density at radius 2 is 2.24 bits per heavy atom. The van der Waals surface area contributed by atoms with Crippen molar-refractivity contribution in [1.29, 1.82) is 0 Å². The summed E-state index contributed by atoms with van der Waals surface area (Å²) in [5.41, 5.74) is 0.360. The lowest BCUT2D eigenvalue weighted by molar-refractivity contribution is -0.119. The van der Waals surface area contributed by atoms with E-state index in [-0.39, 0.29) is 16.7 Å². The zero-order valence-electron chi connectivity index (χ0n) is 10.8. The highest BCUT2D eigenvalue weighted by atomic mass is 35.5. The number of amides is 1. The van der Waals surface area contributed by atoms with Crippen LogP contribution in [-0.4, -0.2) is 27.3 Å². The number of hydrogen-bond donors (Lipinski definition) is 1. The van der Waals surface area contributed by atoms with E-state index in [0.717, 1.165) is 0 Å². The molecule has 6 nitrogen and oxygen atoms in total. The van der Waals surface area contributed by atoms with Crippen LogP contribution in [0, 0.1) is 0 Å². The molecule has 0 saturated carbocycles. The first kappa shape index (κ1) is 15.2. The minimum atomic E-state index is -2.96. The molecule has 0 aliphatic carbocycles. The van der Waals surface area contributed by atoms with Crippen molar-refractivity contribution in [3.63, 3.8) is 0 Å². The van der Waals surface area contributed by atoms with Gasteiger partial charge >= 0.3 is 6.61 Å². The number of rotatable bonds is 5. The molecule has 0 spiro atoms. The van der Waals surface area contributed by atoms with Crippen molar-refractivity contribution >= 4 is 23.2 Å². The summed E-state index contributed by atoms with van der Waals surface area (Å²) in [6.07, 6.45) is 2.73. The number of benzene rings is 1. The molecule has 0 fully saturated rings. The van der Waals surface area contributed by atoms with E-state index < -0.39 is 12.7 Å². The monoisotopic (exact) mass is 316 g/mol. The van der Waals surface area contributed by atoms with Crippen LogP contribution in [0.1, 0.15) is 13.0 Å². The summed E-state index contributed by atoms with van der Waals surface area (Å²) >= 11 is 5.80. The summed E-state index contributed by atoms with van der Waals surface area (Å²) < 4.78 is 29.8. The molecule has 1 amide bonds. The Morgan fingerprint density at radius 3 is 2.81 bits per heavy atom. The van der Waals surface area contributed by atoms with Crippen LogP contribution >= 0.6 is 11.6 Å². The normalized spacial score (nSPS) is 12.2. The standard InChI is InChI=1S/C12H11ClF2N4O2/c1-7(19-6-16-5-17-19)11(20)18-8-2-3-10(9(13)4-8)21-12(14)15/h2-7,12H,1H3,(H,18,20)/t7-/m0/s1. The zero-order valence-corrected chi connectivity index (χ0v) is 11.6. The third kappa shape index (κ3) is 3.88. The van der Waals surface area contributed by atoms with Gasteiger partial charge in [0.05, 0.1) is 5.02 Å². The fraction of sp³-hybridized carbons (Fsp3) is 0.250. The van der Waals surface area contributed by atoms with Crippen LogP contribution in [-0.2, 0) is 4.79 Å². The average molecular weight is 317 g/mol. The minimum absolute atomic E-state index is 0.0264. The van der Waals surface area contributed by atoms with Crippen molar-refractivity contribution in [3.05, 3.63) is 35.9 Å². The van der Waals surface area contributed by atoms with Crippen molar-refractivity contribution in [2.24, 2.45) is 0 Å². The predicted octanol–water partition coefficient (Wildman–Crippen LogP) is 2.73. The van der Waals surface area contributed by atoms with Crippen LogP contribution in [0.3, 0.4) is 0 Å². The minimum Gasteiger partial charge on any atom is -0.433 e. The molecule has 1 N–H and O–H groups in total. The molecule has 0 bridgehead atoms. The van der Waals surface area contributed by atoms with Gasteiger partial charge in [-0.2, -0.15) is 13.9 Å². The Morgan fingerprint density at radius 1 is 1.48 bits per heavy atom. The van der Waals surface area contributed by atoms with Gasteiger partial charge in [-0.3, -0.25) is 4.79 Å². The lowest BCUT2D eigenvalue weighted by atomic mass is 10.2. The van der Waals surface area contributed by atoms with Crippen LogP contribution in [0.25, 0.3) is 0 Å². The quantitative estimate of drug-likeness (QED) is 0.921. The Hall–Kier alpha value is -2.22. The molecule has 1 aromatic carbocycles. The van der Waals surface area contributed by atoms with E-state index in [0.29, 0.717) is 5.69 Å². The van der Waals surface area contributed by atoms with Gasteiger partial charge in [-0.1, -0.05) is 11.6 Å². The van der Waals surface area contributed by atoms with Crippen molar-refractivity contribution in [1.82, 2.24) is 14.8 Å². The second-order valence-corrected chi connectivity index (χ2v) is 4.47. The maximum Gasteiger partial charge on any atom is 0.387 e. The van der Waals surface area contributed by atoms with Crippen molar-refractivity contribution < 1.29 is 18.3 Å². The molecule has 1 heterocycles. The van der Waals surface area contributed by atoms with Gasteiger partial charge in [0.2, 0.25) is 5.91 Å². The van der Waals surface area contributed by atoms with Crippen LogP contribution in [0.15, 0.2) is 30.9 Å². The lowest BCUT2D eigenvalue weighted by Crippen LogP contribution is -2.24. The Kier molecular flexibility index (Phi) is 4.69. The second kappa shape index (κ2) is 6.49. The van der Waals surface area contributed by atoms with Crippen molar-refractivity contribution in [2.45, 2.75) is 19.6 Å². The molecule has 9 heteroatoms. The van der Waals surface area contributed by atoms with Crippen LogP contribution < -0.4 is 10.1 Å². The Bertz CT molecular complexity index is 622. The van der Waals surface area contributed by atoms with E-state index in [4.69, 9.17) is 11.6 Å². The molecule has 0 saturated heterocycles. The molecule has 112 valence electrons. The highest BCUT2D eigenvalue weighted by Crippen LogP contribution is 2.29. The number of nitrogens with one attached hydrogen (secondary N) is 1. The summed E-state index contributed by atoms with van der Waals surface area (Å²) in [6.45, 7) is -1.32. The number of ether oxygens (including phenoxy) is 1. The number of carbonyl (C=O) groups is 1. The Labute approximate surface area is 123 Å². The molecule has 0 aliphatic heterocycles. The maximum atomic E-state index is 12.1. The maximum absolute atomic E-state index is 12.1. The van der Waals surface area contributed by atoms with Gasteiger partial charge in [0.15, 0.2) is 0 Å². The molecule has 2 rings (SSSR count). The molecular weight excluding hydrogens is 306 g/mol. The molecular formula is C12H11ClF2N4O2. The number of halogens is 3. The molecule has 2 aromatic rings. The highest BCUT2D eigenvalue weighted by Gasteiger charge is 2.16. The van der Waals surface area contributed by atoms with Gasteiger partial charge in [0, 0.05) is 5.69 Å². The highest BCUT2D eigenvalue weighted by molar-refractivity contribution is 6.32. The third-order valence-electron chi connectivity index (χ3n) is 2.63. The molecule has 1 atom stereocenters. The summed E-state index contributed by atoms with van der Waals surface area (Å²) in [4.78, 5) is 15.7. The number of anilines is 1. The fourth-order valence-corrected chi connectivity index (χ4v) is 1.78. The number of aromatic nitrogens is 3. The van der Waals surface area contributed by atoms with E-state index in [1.807, 2.05) is 0 Å². The van der Waals surface area contributed by atoms with Gasteiger partial charge in [0.1, 0.15) is 24.4 Å². The summed E-state index contributed by atoms with van der Waals surface area (Å²) in [6, 6.07) is 3.41. The Balaban J connectivity index is 2.06. The number of hydrogen-bond acceptors (Lipinski definition) is 4. The molecule has 1 aromatic heterocycles. The van der Waals surface area contributed by atoms with E-state index in [1.165, 1.54) is 35.5 Å². The summed E-state index contributed by atoms with van der Waals surface area (Å²) in [7, 11) is 0. The average Bonchev–Trinajstić information content (AvgIpc) is 2.94. The fourth-order valence-electron chi connectivity index (χ4n) is 1.55. The molecule has 21 heavy (non-hydrogen) atoms. The lowest BCUT2D eigenvalue weighted by Gasteiger charge is -2.13. The largest absolute Gasteiger partial charge is 0.433 e. The van der Waals surface area contributed by atoms with Gasteiger partial charge < -0.3 is 10.1 Å². The molecule has 0 aliphatic rings. The molecule has 0 unspecified atom stereocenters. The first-order chi connectivity index (χ1) is 9.97. The summed E-state index contributed by atoms with van der Waals surface area (Å²) in [5, 5.41) is 6.43. The molecule has 0 radical (unpaired) electrons. The SMILES string of the molecule is C[C@@H](C(=O)Nc1ccc(OC(F)F)c(Cl)c1)n1cncn1. The number of carbonyl (C=O) groups excluding carboxylic acids is 1. The smallest absolute Gasteiger partial charge is 0.387 e. The van der Waals surface area contributed by atoms with Crippen molar-refractivity contribution in [3.8, 4) is 5.75 Å². The van der Waals surface area contributed by atoms with Crippen LogP contribution in [0.5, 0.6) is 5.75 Å². The van der Waals surface area contributed by atoms with E-state index in [9.17, 15) is 13.6 Å². The van der Waals surface area contributed by atoms with E-state index in [2.05, 4.69) is 20.1 Å². The van der Waals surface area contributed by atoms with Gasteiger partial charge in [-0.15, -0.1) is 0 Å². The van der Waals surface area contributed by atoms with Gasteiger partial charge in [-0.25, -0.2) is 9.67 Å². The first-order valence-corrected chi connectivity index (χ1v) is 6.24. The van der Waals surface area contributed by atoms with E-state index in [1.54, 1.807) is 6.92 Å². The first-order valence-electron chi connectivity index (χ1n) is 5.86. The van der Waals surface area contributed by atoms with Crippen molar-refractivity contribution in [2.75, 3.05) is 5.32 Å².